The standard InChI is InChI=1S/C31H42O/c1-3-4-5-6-24-7-9-26(10-8-24)28-15-17-30(18-16-28)31-21-19-29(20-22-31)27-13-11-25(12-14-27)23(2)32/h15-22,24-27H,3-14H2,1-2H3. The lowest BCUT2D eigenvalue weighted by molar-refractivity contribution is -0.121. The average Bonchev–Trinajstić information content (AvgIpc) is 2.85. The van der Waals surface area contributed by atoms with Gasteiger partial charge in [-0.25, -0.2) is 0 Å². The lowest BCUT2D eigenvalue weighted by Crippen LogP contribution is -2.18. The van der Waals surface area contributed by atoms with Crippen molar-refractivity contribution in [2.75, 3.05) is 0 Å². The van der Waals surface area contributed by atoms with Gasteiger partial charge in [0.25, 0.3) is 0 Å². The van der Waals surface area contributed by atoms with E-state index in [1.807, 2.05) is 0 Å². The minimum atomic E-state index is 0.306. The number of ketones is 1. The maximum Gasteiger partial charge on any atom is 0.132 e. The van der Waals surface area contributed by atoms with Crippen LogP contribution >= 0.6 is 0 Å². The third-order valence-electron chi connectivity index (χ3n) is 8.46. The third-order valence-corrected chi connectivity index (χ3v) is 8.46. The van der Waals surface area contributed by atoms with Gasteiger partial charge in [0, 0.05) is 5.92 Å². The summed E-state index contributed by atoms with van der Waals surface area (Å²) < 4.78 is 0. The zero-order valence-corrected chi connectivity index (χ0v) is 20.3. The van der Waals surface area contributed by atoms with Gasteiger partial charge in [-0.2, -0.15) is 0 Å². The van der Waals surface area contributed by atoms with E-state index >= 15 is 0 Å². The largest absolute Gasteiger partial charge is 0.300 e. The first-order valence-electron chi connectivity index (χ1n) is 13.3. The molecule has 0 bridgehead atoms. The van der Waals surface area contributed by atoms with Gasteiger partial charge in [0.1, 0.15) is 5.78 Å². The molecule has 0 saturated heterocycles. The zero-order chi connectivity index (χ0) is 22.3. The summed E-state index contributed by atoms with van der Waals surface area (Å²) in [4.78, 5) is 11.6. The highest BCUT2D eigenvalue weighted by molar-refractivity contribution is 5.78. The Kier molecular flexibility index (Phi) is 8.22. The van der Waals surface area contributed by atoms with Crippen molar-refractivity contribution in [2.45, 2.75) is 103 Å². The van der Waals surface area contributed by atoms with E-state index in [0.29, 0.717) is 17.6 Å². The average molecular weight is 431 g/mol. The van der Waals surface area contributed by atoms with Gasteiger partial charge in [-0.1, -0.05) is 81.1 Å². The monoisotopic (exact) mass is 430 g/mol. The summed E-state index contributed by atoms with van der Waals surface area (Å²) in [5.41, 5.74) is 5.63. The fraction of sp³-hybridized carbons (Fsp3) is 0.581. The van der Waals surface area contributed by atoms with Crippen molar-refractivity contribution in [3.63, 3.8) is 0 Å². The van der Waals surface area contributed by atoms with E-state index in [4.69, 9.17) is 0 Å². The fourth-order valence-electron chi connectivity index (χ4n) is 6.20. The number of benzene rings is 2. The summed E-state index contributed by atoms with van der Waals surface area (Å²) in [6.07, 6.45) is 15.6. The number of Topliss-reactive ketones (excluding diaryl/α,β-unsaturated/α-hetero) is 1. The Morgan fingerprint density at radius 1 is 0.688 bits per heavy atom. The van der Waals surface area contributed by atoms with Crippen LogP contribution < -0.4 is 0 Å². The molecule has 0 radical (unpaired) electrons. The molecule has 0 spiro atoms. The molecule has 0 amide bonds. The second-order valence-electron chi connectivity index (χ2n) is 10.6. The van der Waals surface area contributed by atoms with Crippen LogP contribution in [0.15, 0.2) is 48.5 Å². The van der Waals surface area contributed by atoms with E-state index in [1.165, 1.54) is 68.1 Å². The molecule has 2 aliphatic carbocycles. The van der Waals surface area contributed by atoms with Crippen molar-refractivity contribution in [3.8, 4) is 11.1 Å². The highest BCUT2D eigenvalue weighted by Gasteiger charge is 2.25. The fourth-order valence-corrected chi connectivity index (χ4v) is 6.20. The molecule has 2 fully saturated rings. The second kappa shape index (κ2) is 11.3. The van der Waals surface area contributed by atoms with E-state index in [9.17, 15) is 4.79 Å². The normalized spacial score (nSPS) is 26.1. The minimum Gasteiger partial charge on any atom is -0.300 e. The Morgan fingerprint density at radius 3 is 1.59 bits per heavy atom. The summed E-state index contributed by atoms with van der Waals surface area (Å²) in [6, 6.07) is 18.7. The van der Waals surface area contributed by atoms with Crippen LogP contribution in [0.5, 0.6) is 0 Å². The van der Waals surface area contributed by atoms with Gasteiger partial charge in [-0.3, -0.25) is 4.79 Å². The summed E-state index contributed by atoms with van der Waals surface area (Å²) in [5.74, 6) is 3.05. The molecule has 0 N–H and O–H groups in total. The maximum atomic E-state index is 11.6. The molecule has 32 heavy (non-hydrogen) atoms. The number of hydrogen-bond acceptors (Lipinski definition) is 1. The van der Waals surface area contributed by atoms with Gasteiger partial charge in [0.15, 0.2) is 0 Å². The van der Waals surface area contributed by atoms with Crippen molar-refractivity contribution >= 4 is 5.78 Å². The van der Waals surface area contributed by atoms with Crippen molar-refractivity contribution < 1.29 is 4.79 Å². The molecule has 4 rings (SSSR count). The van der Waals surface area contributed by atoms with E-state index in [2.05, 4.69) is 55.5 Å². The van der Waals surface area contributed by atoms with Crippen LogP contribution in [0.2, 0.25) is 0 Å². The summed E-state index contributed by atoms with van der Waals surface area (Å²) in [6.45, 7) is 4.06. The smallest absolute Gasteiger partial charge is 0.132 e. The van der Waals surface area contributed by atoms with Crippen LogP contribution in [-0.2, 0) is 4.79 Å². The van der Waals surface area contributed by atoms with Gasteiger partial charge in [-0.15, -0.1) is 0 Å². The molecule has 2 aromatic rings. The molecule has 1 nitrogen and oxygen atoms in total. The SMILES string of the molecule is CCCCCC1CCC(c2ccc(-c3ccc(C4CCC(C(C)=O)CC4)cc3)cc2)CC1. The van der Waals surface area contributed by atoms with Gasteiger partial charge >= 0.3 is 0 Å². The quantitative estimate of drug-likeness (QED) is 0.382. The lowest BCUT2D eigenvalue weighted by atomic mass is 9.76. The van der Waals surface area contributed by atoms with Crippen molar-refractivity contribution in [2.24, 2.45) is 11.8 Å². The molecule has 0 aliphatic heterocycles. The number of rotatable bonds is 8. The zero-order valence-electron chi connectivity index (χ0n) is 20.3. The van der Waals surface area contributed by atoms with Gasteiger partial charge in [-0.05, 0) is 98.3 Å². The molecule has 172 valence electrons. The highest BCUT2D eigenvalue weighted by Crippen LogP contribution is 2.39. The van der Waals surface area contributed by atoms with E-state index in [1.54, 1.807) is 12.5 Å². The molecule has 0 unspecified atom stereocenters. The van der Waals surface area contributed by atoms with Crippen LogP contribution in [0.4, 0.5) is 0 Å². The van der Waals surface area contributed by atoms with Gasteiger partial charge in [0.05, 0.1) is 0 Å². The Hall–Kier alpha value is -1.89. The molecule has 2 saturated carbocycles. The van der Waals surface area contributed by atoms with E-state index in [-0.39, 0.29) is 0 Å². The molecule has 0 atom stereocenters. The highest BCUT2D eigenvalue weighted by atomic mass is 16.1. The van der Waals surface area contributed by atoms with E-state index in [0.717, 1.165) is 37.5 Å². The topological polar surface area (TPSA) is 17.1 Å². The Bertz CT molecular complexity index is 831. The first-order chi connectivity index (χ1) is 15.6. The minimum absolute atomic E-state index is 0.306. The molecule has 0 aromatic heterocycles. The maximum absolute atomic E-state index is 11.6. The summed E-state index contributed by atoms with van der Waals surface area (Å²) in [5, 5.41) is 0. The van der Waals surface area contributed by atoms with Crippen LogP contribution in [0.25, 0.3) is 11.1 Å². The number of carbonyl (C=O) groups is 1. The van der Waals surface area contributed by atoms with E-state index < -0.39 is 0 Å². The van der Waals surface area contributed by atoms with Crippen molar-refractivity contribution in [1.29, 1.82) is 0 Å². The van der Waals surface area contributed by atoms with Crippen LogP contribution in [0.1, 0.15) is 114 Å². The lowest BCUT2D eigenvalue weighted by Gasteiger charge is -2.29. The predicted octanol–water partition coefficient (Wildman–Crippen LogP) is 9.07. The number of hydrogen-bond donors (Lipinski definition) is 0. The first kappa shape index (κ1) is 23.3. The summed E-state index contributed by atoms with van der Waals surface area (Å²) >= 11 is 0. The van der Waals surface area contributed by atoms with Gasteiger partial charge < -0.3 is 0 Å². The third kappa shape index (κ3) is 5.91. The predicted molar refractivity (Wildman–Crippen MR) is 136 cm³/mol. The summed E-state index contributed by atoms with van der Waals surface area (Å²) in [7, 11) is 0. The molecular weight excluding hydrogens is 388 g/mol. The number of carbonyl (C=O) groups excluding carboxylic acids is 1. The Labute approximate surface area is 196 Å². The molecular formula is C31H42O. The van der Waals surface area contributed by atoms with Crippen LogP contribution in [0, 0.1) is 11.8 Å². The van der Waals surface area contributed by atoms with Gasteiger partial charge in [0.2, 0.25) is 0 Å². The van der Waals surface area contributed by atoms with Crippen LogP contribution in [0.3, 0.4) is 0 Å². The molecule has 0 heterocycles. The van der Waals surface area contributed by atoms with Crippen molar-refractivity contribution in [1.82, 2.24) is 0 Å². The van der Waals surface area contributed by atoms with Crippen LogP contribution in [-0.4, -0.2) is 5.78 Å². The molecule has 2 aliphatic rings. The number of unbranched alkanes of at least 4 members (excludes halogenated alkanes) is 2. The molecule has 2 aromatic carbocycles. The Balaban J connectivity index is 1.30. The second-order valence-corrected chi connectivity index (χ2v) is 10.6. The molecule has 1 heteroatoms. The first-order valence-corrected chi connectivity index (χ1v) is 13.3. The Morgan fingerprint density at radius 2 is 1.16 bits per heavy atom. The van der Waals surface area contributed by atoms with Crippen molar-refractivity contribution in [3.05, 3.63) is 59.7 Å².